The molecule has 0 aromatic heterocycles. The van der Waals surface area contributed by atoms with E-state index in [1.165, 1.54) is 16.7 Å². The van der Waals surface area contributed by atoms with Crippen LogP contribution in [0, 0.1) is 0 Å². The zero-order chi connectivity index (χ0) is 14.0. The first-order valence-corrected chi connectivity index (χ1v) is 8.72. The third-order valence-corrected chi connectivity index (χ3v) is 4.89. The average Bonchev–Trinajstić information content (AvgIpc) is 2.48. The van der Waals surface area contributed by atoms with Crippen molar-refractivity contribution in [1.82, 2.24) is 0 Å². The summed E-state index contributed by atoms with van der Waals surface area (Å²) in [6, 6.07) is 19.4. The van der Waals surface area contributed by atoms with E-state index in [1.54, 1.807) is 0 Å². The average molecular weight is 484 g/mol. The predicted octanol–water partition coefficient (Wildman–Crippen LogP) is 6.13. The Morgan fingerprint density at radius 3 is 1.85 bits per heavy atom. The second kappa shape index (κ2) is 6.02. The fraction of sp³-hybridized carbons (Fsp3) is 0.111. The minimum atomic E-state index is 0.135. The van der Waals surface area contributed by atoms with Gasteiger partial charge in [0.25, 0.3) is 0 Å². The van der Waals surface area contributed by atoms with Gasteiger partial charge in [-0.05, 0) is 16.7 Å². The molecule has 1 aliphatic rings. The molecule has 20 heavy (non-hydrogen) atoms. The van der Waals surface area contributed by atoms with Gasteiger partial charge in [-0.25, -0.2) is 0 Å². The van der Waals surface area contributed by atoms with E-state index in [2.05, 4.69) is 124 Å². The van der Waals surface area contributed by atoms with Crippen LogP contribution >= 0.6 is 45.2 Å². The van der Waals surface area contributed by atoms with Crippen LogP contribution in [0.3, 0.4) is 0 Å². The highest BCUT2D eigenvalue weighted by molar-refractivity contribution is 14.2. The molecule has 3 rings (SSSR count). The fourth-order valence-electron chi connectivity index (χ4n) is 2.33. The second-order valence-corrected chi connectivity index (χ2v) is 10.5. The molecule has 0 radical (unpaired) electrons. The Bertz CT molecular complexity index is 621. The number of allylic oxidation sites excluding steroid dienone is 4. The maximum atomic E-state index is 2.45. The smallest absolute Gasteiger partial charge is 0.0748 e. The van der Waals surface area contributed by atoms with Gasteiger partial charge in [-0.3, -0.25) is 0 Å². The highest BCUT2D eigenvalue weighted by Gasteiger charge is 2.19. The van der Waals surface area contributed by atoms with Crippen molar-refractivity contribution in [3.05, 3.63) is 84.5 Å². The van der Waals surface area contributed by atoms with Crippen LogP contribution < -0.4 is 0 Å². The summed E-state index contributed by atoms with van der Waals surface area (Å²) in [5.74, 6) is 0.400. The maximum Gasteiger partial charge on any atom is 0.109 e. The minimum absolute atomic E-state index is 0.135. The molecule has 0 aliphatic heterocycles. The van der Waals surface area contributed by atoms with Crippen LogP contribution in [0.25, 0.3) is 11.1 Å². The molecule has 1 aliphatic carbocycles. The first-order valence-electron chi connectivity index (χ1n) is 6.56. The number of hydrogen-bond acceptors (Lipinski definition) is 0. The zero-order valence-electron chi connectivity index (χ0n) is 10.8. The third kappa shape index (κ3) is 3.34. The summed E-state index contributed by atoms with van der Waals surface area (Å²) in [6.45, 7) is 0. The van der Waals surface area contributed by atoms with Gasteiger partial charge in [-0.15, -0.1) is 0 Å². The van der Waals surface area contributed by atoms with E-state index in [9.17, 15) is 0 Å². The van der Waals surface area contributed by atoms with Gasteiger partial charge in [0, 0.05) is 5.92 Å². The summed E-state index contributed by atoms with van der Waals surface area (Å²) >= 11 is 4.89. The normalized spacial score (nSPS) is 17.3. The Hall–Kier alpha value is -0.620. The number of halogens is 2. The monoisotopic (exact) mass is 484 g/mol. The maximum absolute atomic E-state index is 2.45. The summed E-state index contributed by atoms with van der Waals surface area (Å²) < 4.78 is 0.135. The molecule has 0 saturated heterocycles. The Labute approximate surface area is 147 Å². The van der Waals surface area contributed by atoms with Crippen molar-refractivity contribution >= 4 is 45.2 Å². The lowest BCUT2D eigenvalue weighted by molar-refractivity contribution is 1.04. The van der Waals surface area contributed by atoms with Crippen LogP contribution in [0.2, 0.25) is 0 Å². The van der Waals surface area contributed by atoms with Crippen molar-refractivity contribution in [2.24, 2.45) is 0 Å². The summed E-state index contributed by atoms with van der Waals surface area (Å²) in [5, 5.41) is 0. The molecule has 0 bridgehead atoms. The quantitative estimate of drug-likeness (QED) is 0.274. The molecule has 0 fully saturated rings. The van der Waals surface area contributed by atoms with Crippen molar-refractivity contribution in [1.29, 1.82) is 0 Å². The largest absolute Gasteiger partial charge is 0.109 e. The molecule has 0 unspecified atom stereocenters. The molecule has 0 amide bonds. The van der Waals surface area contributed by atoms with Crippen molar-refractivity contribution in [3.63, 3.8) is 0 Å². The molecule has 0 N–H and O–H groups in total. The van der Waals surface area contributed by atoms with E-state index in [1.807, 2.05) is 0 Å². The first-order chi connectivity index (χ1) is 9.64. The highest BCUT2D eigenvalue weighted by atomic mass is 127. The zero-order valence-corrected chi connectivity index (χ0v) is 15.2. The summed E-state index contributed by atoms with van der Waals surface area (Å²) in [4.78, 5) is 0. The van der Waals surface area contributed by atoms with Gasteiger partial charge in [0.1, 0.15) is 1.43 Å². The Balaban J connectivity index is 1.83. The van der Waals surface area contributed by atoms with Crippen LogP contribution in [0.4, 0.5) is 0 Å². The molecule has 0 heterocycles. The van der Waals surface area contributed by atoms with E-state index in [0.29, 0.717) is 5.92 Å². The van der Waals surface area contributed by atoms with E-state index in [-0.39, 0.29) is 1.43 Å². The van der Waals surface area contributed by atoms with E-state index in [4.69, 9.17) is 0 Å². The third-order valence-electron chi connectivity index (χ3n) is 3.45. The van der Waals surface area contributed by atoms with Crippen molar-refractivity contribution in [2.45, 2.75) is 7.35 Å². The van der Waals surface area contributed by atoms with Crippen molar-refractivity contribution in [2.75, 3.05) is 0 Å². The standard InChI is InChI=1S/C18H14I2/c19-18(20)12-10-17(11-13-18)16-8-6-15(7-9-16)14-4-2-1-3-5-14/h1-13,17H. The van der Waals surface area contributed by atoms with Crippen LogP contribution in [-0.4, -0.2) is 1.43 Å². The molecule has 100 valence electrons. The molecular formula is C18H14I2. The van der Waals surface area contributed by atoms with Gasteiger partial charge in [0.05, 0.1) is 0 Å². The molecule has 2 heteroatoms. The lowest BCUT2D eigenvalue weighted by Gasteiger charge is -2.19. The minimum Gasteiger partial charge on any atom is -0.0748 e. The Morgan fingerprint density at radius 2 is 1.25 bits per heavy atom. The van der Waals surface area contributed by atoms with E-state index in [0.717, 1.165) is 0 Å². The topological polar surface area (TPSA) is 0 Å². The van der Waals surface area contributed by atoms with Gasteiger partial charge in [-0.1, -0.05) is 124 Å². The second-order valence-electron chi connectivity index (χ2n) is 4.91. The van der Waals surface area contributed by atoms with Gasteiger partial charge in [0.2, 0.25) is 0 Å². The van der Waals surface area contributed by atoms with Gasteiger partial charge in [0.15, 0.2) is 0 Å². The SMILES string of the molecule is IC1(I)C=CC(c2ccc(-c3ccccc3)cc2)C=C1. The predicted molar refractivity (Wildman–Crippen MR) is 104 cm³/mol. The molecule has 0 saturated carbocycles. The van der Waals surface area contributed by atoms with Gasteiger partial charge in [-0.2, -0.15) is 0 Å². The van der Waals surface area contributed by atoms with Crippen molar-refractivity contribution < 1.29 is 0 Å². The Morgan fingerprint density at radius 1 is 0.700 bits per heavy atom. The number of benzene rings is 2. The van der Waals surface area contributed by atoms with E-state index >= 15 is 0 Å². The number of rotatable bonds is 2. The molecule has 0 atom stereocenters. The van der Waals surface area contributed by atoms with Crippen molar-refractivity contribution in [3.8, 4) is 11.1 Å². The van der Waals surface area contributed by atoms with Crippen LogP contribution in [0.5, 0.6) is 0 Å². The molecule has 2 aromatic carbocycles. The number of alkyl halides is 2. The van der Waals surface area contributed by atoms with Gasteiger partial charge < -0.3 is 0 Å². The summed E-state index contributed by atoms with van der Waals surface area (Å²) in [6.07, 6.45) is 9.11. The molecular weight excluding hydrogens is 470 g/mol. The number of hydrogen-bond donors (Lipinski definition) is 0. The Kier molecular flexibility index (Phi) is 4.31. The molecule has 0 spiro atoms. The van der Waals surface area contributed by atoms with Crippen LogP contribution in [-0.2, 0) is 0 Å². The van der Waals surface area contributed by atoms with E-state index < -0.39 is 0 Å². The van der Waals surface area contributed by atoms with Gasteiger partial charge >= 0.3 is 0 Å². The van der Waals surface area contributed by atoms with Crippen LogP contribution in [0.15, 0.2) is 78.9 Å². The lowest BCUT2D eigenvalue weighted by atomic mass is 9.93. The summed E-state index contributed by atoms with van der Waals surface area (Å²) in [7, 11) is 0. The molecule has 0 nitrogen and oxygen atoms in total. The summed E-state index contributed by atoms with van der Waals surface area (Å²) in [5.41, 5.74) is 3.89. The van der Waals surface area contributed by atoms with Crippen LogP contribution in [0.1, 0.15) is 11.5 Å². The fourth-order valence-corrected chi connectivity index (χ4v) is 3.16. The molecule has 2 aromatic rings. The lowest BCUT2D eigenvalue weighted by Crippen LogP contribution is -2.07. The first kappa shape index (κ1) is 14.3. The highest BCUT2D eigenvalue weighted by Crippen LogP contribution is 2.37.